The summed E-state index contributed by atoms with van der Waals surface area (Å²) in [6.45, 7) is 3.46. The van der Waals surface area contributed by atoms with E-state index in [1.165, 1.54) is 13.8 Å². The van der Waals surface area contributed by atoms with Gasteiger partial charge in [-0.05, 0) is 49.2 Å². The molecule has 0 saturated heterocycles. The van der Waals surface area contributed by atoms with Gasteiger partial charge in [0.15, 0.2) is 5.60 Å². The van der Waals surface area contributed by atoms with Gasteiger partial charge in [0, 0.05) is 22.8 Å². The minimum atomic E-state index is -1.35. The lowest BCUT2D eigenvalue weighted by Crippen LogP contribution is -2.37. The molecule has 186 valence electrons. The van der Waals surface area contributed by atoms with E-state index in [4.69, 9.17) is 13.9 Å². The SMILES string of the molecule is CC(C)(Oc1ccc(OCCc2coc(-c3ccc(-c4ccccc4)cc3)n2)c2ccccc12)C(=O)O. The van der Waals surface area contributed by atoms with E-state index < -0.39 is 11.6 Å². The van der Waals surface area contributed by atoms with Crippen LogP contribution in [-0.4, -0.2) is 28.3 Å². The quantitative estimate of drug-likeness (QED) is 0.237. The molecule has 1 aromatic heterocycles. The molecule has 0 spiro atoms. The number of nitrogens with zero attached hydrogens (tertiary/aromatic N) is 1. The monoisotopic (exact) mass is 493 g/mol. The van der Waals surface area contributed by atoms with Gasteiger partial charge < -0.3 is 19.0 Å². The second kappa shape index (κ2) is 10.2. The largest absolute Gasteiger partial charge is 0.493 e. The molecule has 0 amide bonds. The van der Waals surface area contributed by atoms with Gasteiger partial charge in [-0.2, -0.15) is 0 Å². The number of carboxylic acid groups (broad SMARTS) is 1. The average molecular weight is 494 g/mol. The molecule has 0 saturated carbocycles. The highest BCUT2D eigenvalue weighted by molar-refractivity contribution is 5.93. The molecule has 0 aliphatic carbocycles. The Bertz CT molecular complexity index is 1520. The fourth-order valence-corrected chi connectivity index (χ4v) is 4.03. The van der Waals surface area contributed by atoms with Crippen molar-refractivity contribution in [2.75, 3.05) is 6.61 Å². The van der Waals surface area contributed by atoms with Gasteiger partial charge in [0.05, 0.1) is 12.3 Å². The number of hydrogen-bond acceptors (Lipinski definition) is 5. The van der Waals surface area contributed by atoms with Crippen LogP contribution in [0.25, 0.3) is 33.4 Å². The van der Waals surface area contributed by atoms with Crippen LogP contribution in [-0.2, 0) is 11.2 Å². The third-order valence-electron chi connectivity index (χ3n) is 6.13. The van der Waals surface area contributed by atoms with Gasteiger partial charge >= 0.3 is 5.97 Å². The van der Waals surface area contributed by atoms with E-state index in [0.29, 0.717) is 30.4 Å². The number of fused-ring (bicyclic) bond motifs is 1. The molecule has 0 radical (unpaired) electrons. The fourth-order valence-electron chi connectivity index (χ4n) is 4.03. The molecule has 37 heavy (non-hydrogen) atoms. The Morgan fingerprint density at radius 1 is 0.811 bits per heavy atom. The van der Waals surface area contributed by atoms with Crippen molar-refractivity contribution in [3.8, 4) is 34.1 Å². The predicted molar refractivity (Wildman–Crippen MR) is 143 cm³/mol. The number of ether oxygens (including phenoxy) is 2. The number of aromatic nitrogens is 1. The lowest BCUT2D eigenvalue weighted by molar-refractivity contribution is -0.152. The molecule has 6 nitrogen and oxygen atoms in total. The molecular weight excluding hydrogens is 466 g/mol. The standard InChI is InChI=1S/C31H27NO5/c1-31(2,30(33)34)37-28-17-16-27(25-10-6-7-11-26(25)28)35-19-18-24-20-36-29(32-24)23-14-12-22(13-15-23)21-8-4-3-5-9-21/h3-17,20H,18-19H2,1-2H3,(H,33,34). The Kier molecular flexibility index (Phi) is 6.64. The first-order valence-electron chi connectivity index (χ1n) is 12.1. The molecule has 0 atom stereocenters. The molecule has 1 N–H and O–H groups in total. The van der Waals surface area contributed by atoms with Crippen LogP contribution in [0.2, 0.25) is 0 Å². The zero-order valence-corrected chi connectivity index (χ0v) is 20.7. The Morgan fingerprint density at radius 2 is 1.41 bits per heavy atom. The van der Waals surface area contributed by atoms with Gasteiger partial charge in [-0.1, -0.05) is 66.7 Å². The van der Waals surface area contributed by atoms with Crippen LogP contribution in [0, 0.1) is 0 Å². The van der Waals surface area contributed by atoms with E-state index >= 15 is 0 Å². The van der Waals surface area contributed by atoms with Crippen LogP contribution >= 0.6 is 0 Å². The number of oxazole rings is 1. The number of carboxylic acids is 1. The van der Waals surface area contributed by atoms with Crippen LogP contribution in [0.4, 0.5) is 0 Å². The molecule has 0 aliphatic rings. The van der Waals surface area contributed by atoms with Crippen LogP contribution in [0.5, 0.6) is 11.5 Å². The summed E-state index contributed by atoms with van der Waals surface area (Å²) in [6, 6.07) is 29.5. The van der Waals surface area contributed by atoms with Crippen molar-refractivity contribution in [3.63, 3.8) is 0 Å². The van der Waals surface area contributed by atoms with E-state index in [2.05, 4.69) is 29.2 Å². The van der Waals surface area contributed by atoms with Crippen molar-refractivity contribution in [1.29, 1.82) is 0 Å². The molecule has 1 heterocycles. The Balaban J connectivity index is 1.25. The maximum atomic E-state index is 11.5. The molecule has 5 aromatic rings. The summed E-state index contributed by atoms with van der Waals surface area (Å²) in [5.74, 6) is 0.727. The molecule has 4 aromatic carbocycles. The predicted octanol–water partition coefficient (Wildman–Crippen LogP) is 7.03. The average Bonchev–Trinajstić information content (AvgIpc) is 3.39. The van der Waals surface area contributed by atoms with Gasteiger partial charge in [-0.15, -0.1) is 0 Å². The van der Waals surface area contributed by atoms with Gasteiger partial charge in [-0.25, -0.2) is 9.78 Å². The fraction of sp³-hybridized carbons (Fsp3) is 0.161. The van der Waals surface area contributed by atoms with Crippen LogP contribution < -0.4 is 9.47 Å². The number of aliphatic carboxylic acids is 1. The second-order valence-corrected chi connectivity index (χ2v) is 9.21. The highest BCUT2D eigenvalue weighted by Crippen LogP contribution is 2.35. The van der Waals surface area contributed by atoms with Crippen LogP contribution in [0.3, 0.4) is 0 Å². The van der Waals surface area contributed by atoms with Crippen LogP contribution in [0.15, 0.2) is 102 Å². The van der Waals surface area contributed by atoms with Crippen molar-refractivity contribution in [3.05, 3.63) is 103 Å². The summed E-state index contributed by atoms with van der Waals surface area (Å²) < 4.78 is 17.6. The van der Waals surface area contributed by atoms with Crippen molar-refractivity contribution in [2.45, 2.75) is 25.9 Å². The Labute approximate surface area is 215 Å². The number of hydrogen-bond donors (Lipinski definition) is 1. The molecule has 0 aliphatic heterocycles. The van der Waals surface area contributed by atoms with Crippen molar-refractivity contribution in [1.82, 2.24) is 4.98 Å². The zero-order valence-electron chi connectivity index (χ0n) is 20.7. The summed E-state index contributed by atoms with van der Waals surface area (Å²) >= 11 is 0. The summed E-state index contributed by atoms with van der Waals surface area (Å²) in [5.41, 5.74) is 2.67. The topological polar surface area (TPSA) is 81.8 Å². The van der Waals surface area contributed by atoms with Gasteiger partial charge in [0.1, 0.15) is 17.8 Å². The number of carbonyl (C=O) groups is 1. The van der Waals surface area contributed by atoms with Crippen molar-refractivity contribution < 1.29 is 23.8 Å². The first kappa shape index (κ1) is 24.1. The highest BCUT2D eigenvalue weighted by Gasteiger charge is 2.30. The first-order chi connectivity index (χ1) is 17.9. The Morgan fingerprint density at radius 3 is 2.11 bits per heavy atom. The summed E-state index contributed by atoms with van der Waals surface area (Å²) in [6.07, 6.45) is 2.23. The lowest BCUT2D eigenvalue weighted by atomic mass is 10.0. The van der Waals surface area contributed by atoms with Gasteiger partial charge in [0.2, 0.25) is 5.89 Å². The maximum absolute atomic E-state index is 11.5. The van der Waals surface area contributed by atoms with Gasteiger partial charge in [0.25, 0.3) is 0 Å². The molecule has 0 fully saturated rings. The molecular formula is C31H27NO5. The zero-order chi connectivity index (χ0) is 25.8. The number of benzene rings is 4. The highest BCUT2D eigenvalue weighted by atomic mass is 16.5. The van der Waals surface area contributed by atoms with E-state index in [9.17, 15) is 9.90 Å². The third kappa shape index (κ3) is 5.33. The van der Waals surface area contributed by atoms with E-state index in [0.717, 1.165) is 33.2 Å². The number of rotatable bonds is 9. The van der Waals surface area contributed by atoms with Crippen LogP contribution in [0.1, 0.15) is 19.5 Å². The van der Waals surface area contributed by atoms with Gasteiger partial charge in [-0.3, -0.25) is 0 Å². The third-order valence-corrected chi connectivity index (χ3v) is 6.13. The lowest BCUT2D eigenvalue weighted by Gasteiger charge is -2.23. The minimum absolute atomic E-state index is 0.406. The smallest absolute Gasteiger partial charge is 0.347 e. The maximum Gasteiger partial charge on any atom is 0.347 e. The normalized spacial score (nSPS) is 11.4. The molecule has 0 unspecified atom stereocenters. The van der Waals surface area contributed by atoms with Crippen molar-refractivity contribution in [2.24, 2.45) is 0 Å². The summed E-state index contributed by atoms with van der Waals surface area (Å²) in [4.78, 5) is 16.1. The van der Waals surface area contributed by atoms with E-state index in [1.54, 1.807) is 18.4 Å². The summed E-state index contributed by atoms with van der Waals surface area (Å²) in [5, 5.41) is 11.1. The Hall–Kier alpha value is -4.58. The molecule has 0 bridgehead atoms. The first-order valence-corrected chi connectivity index (χ1v) is 12.1. The minimum Gasteiger partial charge on any atom is -0.493 e. The van der Waals surface area contributed by atoms with E-state index in [1.807, 2.05) is 54.6 Å². The summed E-state index contributed by atoms with van der Waals surface area (Å²) in [7, 11) is 0. The van der Waals surface area contributed by atoms with Crippen molar-refractivity contribution >= 4 is 16.7 Å². The molecule has 5 rings (SSSR count). The van der Waals surface area contributed by atoms with E-state index in [-0.39, 0.29) is 0 Å². The molecule has 6 heteroatoms. The second-order valence-electron chi connectivity index (χ2n) is 9.21.